The Bertz CT molecular complexity index is 276. The van der Waals surface area contributed by atoms with Gasteiger partial charge in [0.1, 0.15) is 0 Å². The van der Waals surface area contributed by atoms with E-state index in [2.05, 4.69) is 38.7 Å². The molecule has 13 heavy (non-hydrogen) atoms. The quantitative estimate of drug-likeness (QED) is 0.690. The van der Waals surface area contributed by atoms with E-state index in [0.29, 0.717) is 0 Å². The Hall–Kier alpha value is -0.850. The molecule has 1 nitrogen and oxygen atoms in total. The van der Waals surface area contributed by atoms with Crippen molar-refractivity contribution >= 4 is 0 Å². The van der Waals surface area contributed by atoms with Crippen LogP contribution in [0.1, 0.15) is 37.1 Å². The molecular weight excluding hydrogens is 158 g/mol. The molecule has 0 amide bonds. The first-order valence-electron chi connectivity index (χ1n) is 5.01. The van der Waals surface area contributed by atoms with Gasteiger partial charge in [-0.25, -0.2) is 0 Å². The number of aryl methyl sites for hydroxylation is 3. The van der Waals surface area contributed by atoms with E-state index in [1.165, 1.54) is 23.2 Å². The number of pyridine rings is 1. The van der Waals surface area contributed by atoms with E-state index < -0.39 is 0 Å². The molecule has 1 rings (SSSR count). The summed E-state index contributed by atoms with van der Waals surface area (Å²) in [5.74, 6) is 0.766. The molecule has 0 unspecified atom stereocenters. The average Bonchev–Trinajstić information content (AvgIpc) is 2.02. The van der Waals surface area contributed by atoms with Gasteiger partial charge in [-0.2, -0.15) is 0 Å². The molecule has 0 aliphatic heterocycles. The van der Waals surface area contributed by atoms with Crippen molar-refractivity contribution < 1.29 is 0 Å². The predicted molar refractivity (Wildman–Crippen MR) is 56.9 cm³/mol. The highest BCUT2D eigenvalue weighted by Gasteiger charge is 2.01. The lowest BCUT2D eigenvalue weighted by atomic mass is 10.0. The molecular formula is C12H19N. The second-order valence-electron chi connectivity index (χ2n) is 4.21. The van der Waals surface area contributed by atoms with Gasteiger partial charge >= 0.3 is 0 Å². The molecule has 0 aromatic carbocycles. The maximum absolute atomic E-state index is 4.45. The normalized spacial score (nSPS) is 10.8. The summed E-state index contributed by atoms with van der Waals surface area (Å²) in [5, 5.41) is 0. The Morgan fingerprint density at radius 2 is 2.00 bits per heavy atom. The van der Waals surface area contributed by atoms with E-state index in [1.54, 1.807) is 0 Å². The van der Waals surface area contributed by atoms with E-state index >= 15 is 0 Å². The zero-order valence-electron chi connectivity index (χ0n) is 9.09. The van der Waals surface area contributed by atoms with Crippen molar-refractivity contribution in [2.75, 3.05) is 0 Å². The third-order valence-corrected chi connectivity index (χ3v) is 2.28. The molecule has 72 valence electrons. The monoisotopic (exact) mass is 177 g/mol. The van der Waals surface area contributed by atoms with Crippen LogP contribution >= 0.6 is 0 Å². The van der Waals surface area contributed by atoms with E-state index in [4.69, 9.17) is 0 Å². The summed E-state index contributed by atoms with van der Waals surface area (Å²) in [7, 11) is 0. The van der Waals surface area contributed by atoms with Gasteiger partial charge in [-0.15, -0.1) is 0 Å². The van der Waals surface area contributed by atoms with Gasteiger partial charge in [-0.05, 0) is 43.7 Å². The first-order valence-corrected chi connectivity index (χ1v) is 5.01. The summed E-state index contributed by atoms with van der Waals surface area (Å²) < 4.78 is 0. The van der Waals surface area contributed by atoms with Crippen LogP contribution in [0.3, 0.4) is 0 Å². The molecule has 0 fully saturated rings. The molecule has 1 heterocycles. The zero-order valence-corrected chi connectivity index (χ0v) is 9.09. The van der Waals surface area contributed by atoms with Crippen LogP contribution in [0.2, 0.25) is 0 Å². The van der Waals surface area contributed by atoms with Crippen LogP contribution in [-0.4, -0.2) is 4.98 Å². The Labute approximate surface area is 81.2 Å². The van der Waals surface area contributed by atoms with Crippen molar-refractivity contribution in [1.82, 2.24) is 4.98 Å². The van der Waals surface area contributed by atoms with Crippen molar-refractivity contribution in [2.45, 2.75) is 40.5 Å². The van der Waals surface area contributed by atoms with Crippen molar-refractivity contribution in [3.8, 4) is 0 Å². The van der Waals surface area contributed by atoms with Gasteiger partial charge in [-0.3, -0.25) is 4.98 Å². The standard InChI is InChI=1S/C12H19N/c1-9(2)5-6-12-11(4)7-10(3)8-13-12/h7-9H,5-6H2,1-4H3. The highest BCUT2D eigenvalue weighted by molar-refractivity contribution is 5.23. The summed E-state index contributed by atoms with van der Waals surface area (Å²) in [6.07, 6.45) is 4.31. The molecule has 0 N–H and O–H groups in total. The lowest BCUT2D eigenvalue weighted by Gasteiger charge is -2.07. The van der Waals surface area contributed by atoms with Gasteiger partial charge in [0, 0.05) is 11.9 Å². The highest BCUT2D eigenvalue weighted by atomic mass is 14.7. The van der Waals surface area contributed by atoms with Crippen LogP contribution in [0.25, 0.3) is 0 Å². The Balaban J connectivity index is 2.67. The fraction of sp³-hybridized carbons (Fsp3) is 0.583. The molecule has 0 spiro atoms. The molecule has 1 aromatic rings. The fourth-order valence-corrected chi connectivity index (χ4v) is 1.43. The molecule has 0 saturated carbocycles. The zero-order chi connectivity index (χ0) is 9.84. The van der Waals surface area contributed by atoms with Crippen LogP contribution in [-0.2, 0) is 6.42 Å². The minimum absolute atomic E-state index is 0.766. The summed E-state index contributed by atoms with van der Waals surface area (Å²) in [6, 6.07) is 2.21. The second-order valence-corrected chi connectivity index (χ2v) is 4.21. The van der Waals surface area contributed by atoms with E-state index in [0.717, 1.165) is 12.3 Å². The van der Waals surface area contributed by atoms with Crippen molar-refractivity contribution in [1.29, 1.82) is 0 Å². The van der Waals surface area contributed by atoms with Gasteiger partial charge in [0.2, 0.25) is 0 Å². The number of hydrogen-bond acceptors (Lipinski definition) is 1. The van der Waals surface area contributed by atoms with E-state index in [1.807, 2.05) is 6.20 Å². The van der Waals surface area contributed by atoms with Crippen molar-refractivity contribution in [3.63, 3.8) is 0 Å². The lowest BCUT2D eigenvalue weighted by Crippen LogP contribution is -1.98. The van der Waals surface area contributed by atoms with Crippen molar-refractivity contribution in [2.24, 2.45) is 5.92 Å². The van der Waals surface area contributed by atoms with Gasteiger partial charge in [0.15, 0.2) is 0 Å². The predicted octanol–water partition coefficient (Wildman–Crippen LogP) is 3.29. The molecule has 1 aromatic heterocycles. The first kappa shape index (κ1) is 10.2. The smallest absolute Gasteiger partial charge is 0.0433 e. The van der Waals surface area contributed by atoms with Crippen LogP contribution in [0.5, 0.6) is 0 Å². The van der Waals surface area contributed by atoms with Gasteiger partial charge in [0.25, 0.3) is 0 Å². The molecule has 0 aliphatic carbocycles. The SMILES string of the molecule is Cc1cnc(CCC(C)C)c(C)c1. The fourth-order valence-electron chi connectivity index (χ4n) is 1.43. The maximum Gasteiger partial charge on any atom is 0.0433 e. The third kappa shape index (κ3) is 3.17. The van der Waals surface area contributed by atoms with Gasteiger partial charge in [0.05, 0.1) is 0 Å². The summed E-state index contributed by atoms with van der Waals surface area (Å²) in [5.41, 5.74) is 3.85. The van der Waals surface area contributed by atoms with Crippen molar-refractivity contribution in [3.05, 3.63) is 29.1 Å². The van der Waals surface area contributed by atoms with Crippen LogP contribution < -0.4 is 0 Å². The summed E-state index contributed by atoms with van der Waals surface area (Å²) in [4.78, 5) is 4.45. The molecule has 0 atom stereocenters. The van der Waals surface area contributed by atoms with Crippen LogP contribution in [0.4, 0.5) is 0 Å². The molecule has 0 bridgehead atoms. The topological polar surface area (TPSA) is 12.9 Å². The highest BCUT2D eigenvalue weighted by Crippen LogP contribution is 2.11. The summed E-state index contributed by atoms with van der Waals surface area (Å²) >= 11 is 0. The largest absolute Gasteiger partial charge is 0.261 e. The molecule has 0 saturated heterocycles. The second kappa shape index (κ2) is 4.40. The molecule has 0 aliphatic rings. The Kier molecular flexibility index (Phi) is 3.47. The molecule has 0 radical (unpaired) electrons. The first-order chi connectivity index (χ1) is 6.09. The van der Waals surface area contributed by atoms with Crippen LogP contribution in [0, 0.1) is 19.8 Å². The van der Waals surface area contributed by atoms with Gasteiger partial charge in [-0.1, -0.05) is 19.9 Å². The number of aromatic nitrogens is 1. The van der Waals surface area contributed by atoms with Crippen LogP contribution in [0.15, 0.2) is 12.3 Å². The minimum Gasteiger partial charge on any atom is -0.261 e. The third-order valence-electron chi connectivity index (χ3n) is 2.28. The molecule has 1 heteroatoms. The van der Waals surface area contributed by atoms with E-state index in [9.17, 15) is 0 Å². The number of hydrogen-bond donors (Lipinski definition) is 0. The van der Waals surface area contributed by atoms with Gasteiger partial charge < -0.3 is 0 Å². The minimum atomic E-state index is 0.766. The number of rotatable bonds is 3. The lowest BCUT2D eigenvalue weighted by molar-refractivity contribution is 0.580. The Morgan fingerprint density at radius 3 is 2.54 bits per heavy atom. The summed E-state index contributed by atoms with van der Waals surface area (Å²) in [6.45, 7) is 8.74. The number of nitrogens with zero attached hydrogens (tertiary/aromatic N) is 1. The Morgan fingerprint density at radius 1 is 1.31 bits per heavy atom. The average molecular weight is 177 g/mol. The maximum atomic E-state index is 4.45. The van der Waals surface area contributed by atoms with E-state index in [-0.39, 0.29) is 0 Å².